The molecule has 1 amide bonds. The number of hydrogen-bond acceptors (Lipinski definition) is 3. The molecule has 2 rings (SSSR count). The number of methoxy groups -OCH3 is 1. The fraction of sp³-hybridized carbons (Fsp3) is 0.417. The highest BCUT2D eigenvalue weighted by Crippen LogP contribution is 2.30. The topological polar surface area (TPSA) is 55.6 Å². The van der Waals surface area contributed by atoms with Crippen LogP contribution in [0, 0.1) is 5.82 Å². The van der Waals surface area contributed by atoms with Crippen molar-refractivity contribution in [1.29, 1.82) is 0 Å². The molecule has 100 valence electrons. The number of benzene rings is 1. The average molecular weight is 275 g/mol. The minimum atomic E-state index is -0.745. The number of rotatable bonds is 3. The van der Waals surface area contributed by atoms with Crippen molar-refractivity contribution in [2.24, 2.45) is 5.73 Å². The zero-order chi connectivity index (χ0) is 12.4. The molecule has 0 saturated carbocycles. The molecule has 0 spiro atoms. The summed E-state index contributed by atoms with van der Waals surface area (Å²) in [4.78, 5) is 13.4. The summed E-state index contributed by atoms with van der Waals surface area (Å²) in [5.74, 6) is -0.673. The van der Waals surface area contributed by atoms with Gasteiger partial charge in [0, 0.05) is 13.7 Å². The summed E-state index contributed by atoms with van der Waals surface area (Å²) in [6.45, 7) is 0.617. The van der Waals surface area contributed by atoms with Crippen LogP contribution in [0.3, 0.4) is 0 Å². The van der Waals surface area contributed by atoms with Gasteiger partial charge in [0.25, 0.3) is 0 Å². The number of ether oxygens (including phenoxy) is 1. The van der Waals surface area contributed by atoms with E-state index in [-0.39, 0.29) is 30.7 Å². The summed E-state index contributed by atoms with van der Waals surface area (Å²) in [5, 5.41) is 0. The van der Waals surface area contributed by atoms with Crippen LogP contribution in [-0.2, 0) is 16.0 Å². The van der Waals surface area contributed by atoms with Crippen molar-refractivity contribution < 1.29 is 13.9 Å². The van der Waals surface area contributed by atoms with Crippen molar-refractivity contribution in [2.75, 3.05) is 25.2 Å². The molecule has 0 radical (unpaired) electrons. The molecule has 0 aliphatic carbocycles. The van der Waals surface area contributed by atoms with Gasteiger partial charge in [-0.05, 0) is 18.1 Å². The summed E-state index contributed by atoms with van der Waals surface area (Å²) in [6, 6.07) is 4.09. The monoisotopic (exact) mass is 274 g/mol. The fourth-order valence-corrected chi connectivity index (χ4v) is 2.08. The van der Waals surface area contributed by atoms with Crippen molar-refractivity contribution in [2.45, 2.75) is 12.5 Å². The number of nitrogens with zero attached hydrogens (tertiary/aromatic N) is 1. The average Bonchev–Trinajstić information content (AvgIpc) is 2.73. The van der Waals surface area contributed by atoms with E-state index in [1.807, 2.05) is 6.07 Å². The Bertz CT molecular complexity index is 442. The molecule has 1 aliphatic rings. The normalized spacial score (nSPS) is 14.9. The minimum Gasteiger partial charge on any atom is -0.383 e. The zero-order valence-electron chi connectivity index (χ0n) is 10.1. The van der Waals surface area contributed by atoms with Crippen LogP contribution in [-0.4, -0.2) is 32.2 Å². The number of carbonyl (C=O) groups excluding carboxylic acids is 1. The number of halogens is 2. The number of para-hydroxylation sites is 1. The molecule has 0 aromatic heterocycles. The number of amides is 1. The number of hydrogen-bond donors (Lipinski definition) is 1. The molecule has 0 fully saturated rings. The lowest BCUT2D eigenvalue weighted by Gasteiger charge is -2.21. The first kappa shape index (κ1) is 14.9. The Kier molecular flexibility index (Phi) is 5.07. The standard InChI is InChI=1S/C12H15FN2O2.ClH/c1-17-7-10(14)12(16)15-6-5-8-3-2-4-9(13)11(8)15;/h2-4,10H,5-7,14H2,1H3;1H. The van der Waals surface area contributed by atoms with Crippen molar-refractivity contribution in [1.82, 2.24) is 0 Å². The number of fused-ring (bicyclic) bond motifs is 1. The van der Waals surface area contributed by atoms with Gasteiger partial charge in [-0.15, -0.1) is 12.4 Å². The van der Waals surface area contributed by atoms with Crippen LogP contribution in [0.15, 0.2) is 18.2 Å². The Labute approximate surface area is 111 Å². The summed E-state index contributed by atoms with van der Waals surface area (Å²) >= 11 is 0. The molecule has 0 saturated heterocycles. The van der Waals surface area contributed by atoms with Crippen LogP contribution < -0.4 is 10.6 Å². The van der Waals surface area contributed by atoms with Gasteiger partial charge in [-0.1, -0.05) is 12.1 Å². The maximum absolute atomic E-state index is 13.7. The number of nitrogens with two attached hydrogens (primary N) is 1. The van der Waals surface area contributed by atoms with Crippen molar-refractivity contribution in [3.05, 3.63) is 29.6 Å². The highest BCUT2D eigenvalue weighted by Gasteiger charge is 2.30. The second kappa shape index (κ2) is 6.13. The highest BCUT2D eigenvalue weighted by atomic mass is 35.5. The highest BCUT2D eigenvalue weighted by molar-refractivity contribution is 5.99. The van der Waals surface area contributed by atoms with Crippen LogP contribution in [0.5, 0.6) is 0 Å². The van der Waals surface area contributed by atoms with Gasteiger partial charge < -0.3 is 15.4 Å². The van der Waals surface area contributed by atoms with Gasteiger partial charge in [0.05, 0.1) is 12.3 Å². The Balaban J connectivity index is 0.00000162. The van der Waals surface area contributed by atoms with E-state index in [4.69, 9.17) is 10.5 Å². The van der Waals surface area contributed by atoms with Crippen LogP contribution in [0.1, 0.15) is 5.56 Å². The Morgan fingerprint density at radius 2 is 2.33 bits per heavy atom. The summed E-state index contributed by atoms with van der Waals surface area (Å²) in [6.07, 6.45) is 0.665. The fourth-order valence-electron chi connectivity index (χ4n) is 2.08. The molecule has 1 aromatic carbocycles. The van der Waals surface area contributed by atoms with E-state index in [1.165, 1.54) is 18.1 Å². The molecular formula is C12H16ClFN2O2. The van der Waals surface area contributed by atoms with Gasteiger partial charge in [0.15, 0.2) is 0 Å². The summed E-state index contributed by atoms with van der Waals surface area (Å²) in [5.41, 5.74) is 6.89. The lowest BCUT2D eigenvalue weighted by atomic mass is 10.1. The molecule has 1 unspecified atom stereocenters. The Morgan fingerprint density at radius 1 is 1.61 bits per heavy atom. The quantitative estimate of drug-likeness (QED) is 0.898. The molecule has 2 N–H and O–H groups in total. The molecular weight excluding hydrogens is 259 g/mol. The lowest BCUT2D eigenvalue weighted by molar-refractivity contribution is -0.120. The summed E-state index contributed by atoms with van der Waals surface area (Å²) < 4.78 is 18.5. The maximum atomic E-state index is 13.7. The second-order valence-corrected chi connectivity index (χ2v) is 4.05. The molecule has 18 heavy (non-hydrogen) atoms. The van der Waals surface area contributed by atoms with Gasteiger partial charge >= 0.3 is 0 Å². The zero-order valence-corrected chi connectivity index (χ0v) is 10.9. The number of anilines is 1. The van der Waals surface area contributed by atoms with Gasteiger partial charge in [0.1, 0.15) is 11.9 Å². The van der Waals surface area contributed by atoms with Crippen LogP contribution in [0.2, 0.25) is 0 Å². The van der Waals surface area contributed by atoms with Crippen LogP contribution >= 0.6 is 12.4 Å². The van der Waals surface area contributed by atoms with E-state index in [9.17, 15) is 9.18 Å². The smallest absolute Gasteiger partial charge is 0.246 e. The predicted octanol–water partition coefficient (Wildman–Crippen LogP) is 1.11. The van der Waals surface area contributed by atoms with E-state index >= 15 is 0 Å². The molecule has 6 heteroatoms. The summed E-state index contributed by atoms with van der Waals surface area (Å²) in [7, 11) is 1.48. The van der Waals surface area contributed by atoms with E-state index < -0.39 is 6.04 Å². The van der Waals surface area contributed by atoms with E-state index in [0.29, 0.717) is 18.7 Å². The molecule has 1 heterocycles. The van der Waals surface area contributed by atoms with Crippen LogP contribution in [0.25, 0.3) is 0 Å². The van der Waals surface area contributed by atoms with Crippen molar-refractivity contribution in [3.63, 3.8) is 0 Å². The second-order valence-electron chi connectivity index (χ2n) is 4.05. The third-order valence-electron chi connectivity index (χ3n) is 2.87. The molecule has 1 aromatic rings. The largest absolute Gasteiger partial charge is 0.383 e. The minimum absolute atomic E-state index is 0. The lowest BCUT2D eigenvalue weighted by Crippen LogP contribution is -2.45. The first-order valence-electron chi connectivity index (χ1n) is 5.48. The van der Waals surface area contributed by atoms with E-state index in [0.717, 1.165) is 5.56 Å². The Morgan fingerprint density at radius 3 is 3.00 bits per heavy atom. The predicted molar refractivity (Wildman–Crippen MR) is 69.6 cm³/mol. The first-order valence-corrected chi connectivity index (χ1v) is 5.48. The van der Waals surface area contributed by atoms with Gasteiger partial charge in [-0.25, -0.2) is 4.39 Å². The van der Waals surface area contributed by atoms with Crippen LogP contribution in [0.4, 0.5) is 10.1 Å². The third-order valence-corrected chi connectivity index (χ3v) is 2.87. The maximum Gasteiger partial charge on any atom is 0.246 e. The van der Waals surface area contributed by atoms with Gasteiger partial charge in [-0.3, -0.25) is 4.79 Å². The third kappa shape index (κ3) is 2.63. The van der Waals surface area contributed by atoms with Crippen molar-refractivity contribution in [3.8, 4) is 0 Å². The Hall–Kier alpha value is -1.17. The van der Waals surface area contributed by atoms with Gasteiger partial charge in [-0.2, -0.15) is 0 Å². The molecule has 1 aliphatic heterocycles. The van der Waals surface area contributed by atoms with Gasteiger partial charge in [0.2, 0.25) is 5.91 Å². The molecule has 1 atom stereocenters. The number of carbonyl (C=O) groups is 1. The molecule has 0 bridgehead atoms. The first-order chi connectivity index (χ1) is 8.15. The van der Waals surface area contributed by atoms with E-state index in [2.05, 4.69) is 0 Å². The SMILES string of the molecule is COCC(N)C(=O)N1CCc2cccc(F)c21.Cl. The van der Waals surface area contributed by atoms with E-state index in [1.54, 1.807) is 6.07 Å². The molecule has 4 nitrogen and oxygen atoms in total. The van der Waals surface area contributed by atoms with Crippen molar-refractivity contribution >= 4 is 24.0 Å².